The van der Waals surface area contributed by atoms with Crippen molar-refractivity contribution in [2.24, 2.45) is 11.8 Å². The van der Waals surface area contributed by atoms with Gasteiger partial charge in [0.2, 0.25) is 5.88 Å². The first-order valence-electron chi connectivity index (χ1n) is 5.22. The molecule has 1 unspecified atom stereocenters. The van der Waals surface area contributed by atoms with E-state index in [4.69, 9.17) is 10.6 Å². The Morgan fingerprint density at radius 2 is 2.13 bits per heavy atom. The molecule has 0 saturated carbocycles. The number of nitrogen functional groups attached to an aromatic ring is 1. The summed E-state index contributed by atoms with van der Waals surface area (Å²) < 4.78 is 5.66. The van der Waals surface area contributed by atoms with Crippen LogP contribution in [-0.4, -0.2) is 11.1 Å². The summed E-state index contributed by atoms with van der Waals surface area (Å²) in [6.07, 6.45) is 1.19. The number of rotatable bonds is 5. The van der Waals surface area contributed by atoms with Crippen LogP contribution in [0.15, 0.2) is 18.2 Å². The van der Waals surface area contributed by atoms with Crippen molar-refractivity contribution in [3.05, 3.63) is 18.2 Å². The minimum absolute atomic E-state index is 0.172. The molecule has 1 aromatic heterocycles. The largest absolute Gasteiger partial charge is 0.475 e. The van der Waals surface area contributed by atoms with Crippen molar-refractivity contribution in [2.75, 3.05) is 5.43 Å². The average molecular weight is 209 g/mol. The van der Waals surface area contributed by atoms with Gasteiger partial charge in [-0.05, 0) is 25.3 Å². The molecule has 0 spiro atoms. The first-order chi connectivity index (χ1) is 7.11. The molecule has 0 aliphatic carbocycles. The van der Waals surface area contributed by atoms with Crippen molar-refractivity contribution in [3.63, 3.8) is 0 Å². The van der Waals surface area contributed by atoms with E-state index >= 15 is 0 Å². The smallest absolute Gasteiger partial charge is 0.215 e. The molecule has 0 saturated heterocycles. The Kier molecular flexibility index (Phi) is 4.37. The maximum absolute atomic E-state index is 5.66. The van der Waals surface area contributed by atoms with Gasteiger partial charge in [0.1, 0.15) is 5.82 Å². The quantitative estimate of drug-likeness (QED) is 0.576. The molecule has 15 heavy (non-hydrogen) atoms. The highest BCUT2D eigenvalue weighted by Gasteiger charge is 2.07. The number of hydrogen-bond donors (Lipinski definition) is 2. The van der Waals surface area contributed by atoms with Crippen molar-refractivity contribution >= 4 is 5.82 Å². The van der Waals surface area contributed by atoms with Crippen molar-refractivity contribution in [1.82, 2.24) is 4.98 Å². The van der Waals surface area contributed by atoms with Crippen molar-refractivity contribution in [2.45, 2.75) is 33.3 Å². The van der Waals surface area contributed by atoms with E-state index < -0.39 is 0 Å². The Bertz CT molecular complexity index is 302. The maximum atomic E-state index is 5.66. The van der Waals surface area contributed by atoms with Crippen molar-refractivity contribution in [3.8, 4) is 5.88 Å². The van der Waals surface area contributed by atoms with Gasteiger partial charge in [-0.3, -0.25) is 0 Å². The molecular formula is C11H19N3O. The average Bonchev–Trinajstić information content (AvgIpc) is 2.16. The topological polar surface area (TPSA) is 60.2 Å². The summed E-state index contributed by atoms with van der Waals surface area (Å²) in [6.45, 7) is 6.39. The van der Waals surface area contributed by atoms with Gasteiger partial charge < -0.3 is 10.2 Å². The van der Waals surface area contributed by atoms with Crippen LogP contribution >= 0.6 is 0 Å². The van der Waals surface area contributed by atoms with Crippen molar-refractivity contribution in [1.29, 1.82) is 0 Å². The van der Waals surface area contributed by atoms with Gasteiger partial charge in [0.15, 0.2) is 0 Å². The molecule has 0 aliphatic heterocycles. The first-order valence-corrected chi connectivity index (χ1v) is 5.22. The summed E-state index contributed by atoms with van der Waals surface area (Å²) in [7, 11) is 0. The van der Waals surface area contributed by atoms with Gasteiger partial charge in [-0.2, -0.15) is 4.98 Å². The number of anilines is 1. The van der Waals surface area contributed by atoms with Crippen LogP contribution in [0.3, 0.4) is 0 Å². The van der Waals surface area contributed by atoms with Crippen LogP contribution in [0.25, 0.3) is 0 Å². The Hall–Kier alpha value is -1.29. The van der Waals surface area contributed by atoms with Crippen molar-refractivity contribution < 1.29 is 4.74 Å². The lowest BCUT2D eigenvalue weighted by molar-refractivity contribution is 0.186. The van der Waals surface area contributed by atoms with Crippen LogP contribution in [0.4, 0.5) is 5.82 Å². The summed E-state index contributed by atoms with van der Waals surface area (Å²) in [4.78, 5) is 4.18. The van der Waals surface area contributed by atoms with Gasteiger partial charge in [0.25, 0.3) is 0 Å². The molecular weight excluding hydrogens is 190 g/mol. The number of hydrazine groups is 1. The van der Waals surface area contributed by atoms with Gasteiger partial charge in [-0.15, -0.1) is 0 Å². The zero-order chi connectivity index (χ0) is 11.3. The van der Waals surface area contributed by atoms with E-state index in [0.29, 0.717) is 17.6 Å². The second-order valence-corrected chi connectivity index (χ2v) is 4.06. The highest BCUT2D eigenvalue weighted by atomic mass is 16.5. The summed E-state index contributed by atoms with van der Waals surface area (Å²) in [5.41, 5.74) is 2.49. The van der Waals surface area contributed by atoms with E-state index in [2.05, 4.69) is 24.3 Å². The molecule has 0 radical (unpaired) electrons. The molecule has 1 atom stereocenters. The molecule has 3 N–H and O–H groups in total. The van der Waals surface area contributed by atoms with Crippen LogP contribution in [0.5, 0.6) is 5.88 Å². The molecule has 1 rings (SSSR count). The van der Waals surface area contributed by atoms with Gasteiger partial charge in [-0.25, -0.2) is 5.84 Å². The zero-order valence-electron chi connectivity index (χ0n) is 9.53. The fourth-order valence-electron chi connectivity index (χ4n) is 1.48. The summed E-state index contributed by atoms with van der Waals surface area (Å²) >= 11 is 0. The van der Waals surface area contributed by atoms with E-state index in [-0.39, 0.29) is 6.10 Å². The lowest BCUT2D eigenvalue weighted by Gasteiger charge is -2.16. The molecule has 4 heteroatoms. The van der Waals surface area contributed by atoms with Crippen LogP contribution < -0.4 is 16.0 Å². The lowest BCUT2D eigenvalue weighted by Crippen LogP contribution is -2.16. The normalized spacial score (nSPS) is 12.6. The standard InChI is InChI=1S/C11H19N3O/c1-8(2)7-9(3)15-11-6-4-5-10(13-11)14-12/h4-6,8-9H,7,12H2,1-3H3,(H,13,14). The third-order valence-electron chi connectivity index (χ3n) is 2.00. The monoisotopic (exact) mass is 209 g/mol. The van der Waals surface area contributed by atoms with E-state index in [9.17, 15) is 0 Å². The molecule has 1 aromatic rings. The predicted molar refractivity (Wildman–Crippen MR) is 61.6 cm³/mol. The molecule has 0 aliphatic rings. The number of ether oxygens (including phenoxy) is 1. The third-order valence-corrected chi connectivity index (χ3v) is 2.00. The highest BCUT2D eigenvalue weighted by Crippen LogP contribution is 2.15. The number of aromatic nitrogens is 1. The number of nitrogens with two attached hydrogens (primary N) is 1. The van der Waals surface area contributed by atoms with Gasteiger partial charge in [0.05, 0.1) is 6.10 Å². The summed E-state index contributed by atoms with van der Waals surface area (Å²) in [5.74, 6) is 7.11. The summed E-state index contributed by atoms with van der Waals surface area (Å²) in [6, 6.07) is 5.48. The summed E-state index contributed by atoms with van der Waals surface area (Å²) in [5, 5.41) is 0. The van der Waals surface area contributed by atoms with E-state index in [1.165, 1.54) is 0 Å². The first kappa shape index (κ1) is 11.8. The van der Waals surface area contributed by atoms with E-state index in [1.807, 2.05) is 19.1 Å². The molecule has 0 fully saturated rings. The molecule has 0 amide bonds. The molecule has 1 heterocycles. The SMILES string of the molecule is CC(C)CC(C)Oc1cccc(NN)n1. The Labute approximate surface area is 90.8 Å². The number of hydrogen-bond acceptors (Lipinski definition) is 4. The van der Waals surface area contributed by atoms with E-state index in [0.717, 1.165) is 6.42 Å². The van der Waals surface area contributed by atoms with Gasteiger partial charge in [0, 0.05) is 6.07 Å². The fourth-order valence-corrected chi connectivity index (χ4v) is 1.48. The number of nitrogens with zero attached hydrogens (tertiary/aromatic N) is 1. The Morgan fingerprint density at radius 3 is 2.73 bits per heavy atom. The second kappa shape index (κ2) is 5.56. The van der Waals surface area contributed by atoms with Crippen LogP contribution in [0.2, 0.25) is 0 Å². The number of pyridine rings is 1. The Morgan fingerprint density at radius 1 is 1.40 bits per heavy atom. The Balaban J connectivity index is 2.55. The maximum Gasteiger partial charge on any atom is 0.215 e. The predicted octanol–water partition coefficient (Wildman–Crippen LogP) is 2.18. The van der Waals surface area contributed by atoms with Crippen LogP contribution in [-0.2, 0) is 0 Å². The minimum Gasteiger partial charge on any atom is -0.475 e. The van der Waals surface area contributed by atoms with Gasteiger partial charge >= 0.3 is 0 Å². The zero-order valence-corrected chi connectivity index (χ0v) is 9.53. The fraction of sp³-hybridized carbons (Fsp3) is 0.545. The molecule has 4 nitrogen and oxygen atoms in total. The molecule has 0 aromatic carbocycles. The second-order valence-electron chi connectivity index (χ2n) is 4.06. The van der Waals surface area contributed by atoms with E-state index in [1.54, 1.807) is 6.07 Å². The van der Waals surface area contributed by atoms with Gasteiger partial charge in [-0.1, -0.05) is 19.9 Å². The lowest BCUT2D eigenvalue weighted by atomic mass is 10.1. The number of nitrogens with one attached hydrogen (secondary N) is 1. The molecule has 84 valence electrons. The third kappa shape index (κ3) is 4.16. The minimum atomic E-state index is 0.172. The van der Waals surface area contributed by atoms with Crippen LogP contribution in [0.1, 0.15) is 27.2 Å². The molecule has 0 bridgehead atoms. The van der Waals surface area contributed by atoms with Crippen LogP contribution in [0, 0.1) is 5.92 Å². The highest BCUT2D eigenvalue weighted by molar-refractivity contribution is 5.35.